The van der Waals surface area contributed by atoms with Gasteiger partial charge in [0, 0.05) is 0 Å². The third kappa shape index (κ3) is 3.43. The Kier molecular flexibility index (Phi) is 12.1. The Hall–Kier alpha value is -1.19. The normalized spacial score (nSPS) is 10.9. The van der Waals surface area contributed by atoms with E-state index in [-0.39, 0.29) is 29.4 Å². The molecule has 1 radical (unpaired) electrons. The molecule has 16 heavy (non-hydrogen) atoms. The monoisotopic (exact) mass is 281 g/mol. The van der Waals surface area contributed by atoms with Crippen molar-refractivity contribution in [1.29, 1.82) is 0 Å². The summed E-state index contributed by atoms with van der Waals surface area (Å²) in [6.45, 7) is 0.668. The molecule has 9 N–H and O–H groups in total. The molecule has 0 saturated heterocycles. The number of rotatable bonds is 4. The molecule has 0 amide bonds. The smallest absolute Gasteiger partial charge is 0.549 e. The first-order chi connectivity index (χ1) is 5.77. The van der Waals surface area contributed by atoms with Crippen molar-refractivity contribution < 1.29 is 51.9 Å². The van der Waals surface area contributed by atoms with E-state index in [1.165, 1.54) is 0 Å². The summed E-state index contributed by atoms with van der Waals surface area (Å²) in [6, 6.07) is 0. The summed E-state index contributed by atoms with van der Waals surface area (Å²) in [5.74, 6) is -7.45. The average Bonchev–Trinajstić information content (AvgIpc) is 1.82. The van der Waals surface area contributed by atoms with E-state index >= 15 is 0 Å². The first kappa shape index (κ1) is 24.2. The molecule has 0 bridgehead atoms. The summed E-state index contributed by atoms with van der Waals surface area (Å²) in [4.78, 5) is 30.7. The van der Waals surface area contributed by atoms with Gasteiger partial charge < -0.3 is 47.1 Å². The number of aliphatic carboxylic acids is 3. The second-order valence-corrected chi connectivity index (χ2v) is 2.35. The predicted octanol–water partition coefficient (Wildman–Crippen LogP) is -4.65. The van der Waals surface area contributed by atoms with E-state index in [2.05, 4.69) is 0 Å². The Morgan fingerprint density at radius 3 is 1.19 bits per heavy atom. The summed E-state index contributed by atoms with van der Waals surface area (Å²) in [5.41, 5.74) is -3.53. The van der Waals surface area contributed by atoms with Crippen LogP contribution < -0.4 is 27.6 Å². The van der Waals surface area contributed by atoms with Crippen molar-refractivity contribution in [3.8, 4) is 0 Å². The number of carbonyl (C=O) groups is 3. The van der Waals surface area contributed by atoms with Gasteiger partial charge in [-0.1, -0.05) is 0 Å². The molecule has 0 fully saturated rings. The number of carbonyl (C=O) groups excluding carboxylic acids is 3. The van der Waals surface area contributed by atoms with Gasteiger partial charge in [0.1, 0.15) is 5.41 Å². The Morgan fingerprint density at radius 2 is 1.19 bits per heavy atom. The molecular formula is C6H13FeN2O7. The second-order valence-electron chi connectivity index (χ2n) is 2.35. The second kappa shape index (κ2) is 8.02. The van der Waals surface area contributed by atoms with E-state index in [4.69, 9.17) is 5.11 Å². The quantitative estimate of drug-likeness (QED) is 0.337. The molecule has 97 valence electrons. The zero-order valence-corrected chi connectivity index (χ0v) is 9.93. The standard InChI is InChI=1S/C6H8O7.Fe.2H3N/c1-2(7)6(3(8)9,4(10)11)5(12)13;;;/h2,7H,1H3,(H,8,9)(H,10,11)(H,12,13);;2*1H3/q;+1;;/p-1. The van der Waals surface area contributed by atoms with Gasteiger partial charge in [0.15, 0.2) is 0 Å². The van der Waals surface area contributed by atoms with E-state index in [0.717, 1.165) is 0 Å². The zero-order chi connectivity index (χ0) is 10.8. The minimum atomic E-state index is -3.53. The number of aliphatic hydroxyl groups excluding tert-OH is 1. The summed E-state index contributed by atoms with van der Waals surface area (Å²) in [6.07, 6.45) is -2.22. The van der Waals surface area contributed by atoms with Gasteiger partial charge in [0.2, 0.25) is 0 Å². The summed E-state index contributed by atoms with van der Waals surface area (Å²) >= 11 is 0. The fraction of sp³-hybridized carbons (Fsp3) is 0.500. The van der Waals surface area contributed by atoms with Crippen molar-refractivity contribution in [3.05, 3.63) is 0 Å². The van der Waals surface area contributed by atoms with Crippen molar-refractivity contribution in [2.45, 2.75) is 13.0 Å². The van der Waals surface area contributed by atoms with Gasteiger partial charge in [0.25, 0.3) is 0 Å². The predicted molar refractivity (Wildman–Crippen MR) is 41.1 cm³/mol. The number of hydrogen-bond acceptors (Lipinski definition) is 7. The van der Waals surface area contributed by atoms with E-state index in [1.54, 1.807) is 0 Å². The molecule has 0 aliphatic carbocycles. The summed E-state index contributed by atoms with van der Waals surface area (Å²) in [7, 11) is 0. The fourth-order valence-corrected chi connectivity index (χ4v) is 0.762. The molecule has 1 unspecified atom stereocenters. The molecule has 1 atom stereocenters. The van der Waals surface area contributed by atoms with Crippen molar-refractivity contribution in [3.63, 3.8) is 0 Å². The van der Waals surface area contributed by atoms with Gasteiger partial charge in [-0.2, -0.15) is 0 Å². The number of aliphatic hydroxyl groups is 1. The van der Waals surface area contributed by atoms with Gasteiger partial charge >= 0.3 is 17.1 Å². The van der Waals surface area contributed by atoms with Crippen molar-refractivity contribution in [2.24, 2.45) is 5.41 Å². The third-order valence-electron chi connectivity index (χ3n) is 1.59. The van der Waals surface area contributed by atoms with E-state index in [1.807, 2.05) is 0 Å². The average molecular weight is 281 g/mol. The Labute approximate surface area is 101 Å². The van der Waals surface area contributed by atoms with Crippen LogP contribution in [0, 0.1) is 5.41 Å². The summed E-state index contributed by atoms with van der Waals surface area (Å²) < 4.78 is 0. The van der Waals surface area contributed by atoms with Crippen molar-refractivity contribution in [2.75, 3.05) is 0 Å². The molecule has 0 heterocycles. The molecule has 10 heteroatoms. The molecule has 0 aromatic carbocycles. The molecule has 0 spiro atoms. The maximum absolute atomic E-state index is 10.2. The van der Waals surface area contributed by atoms with Crippen LogP contribution in [0.1, 0.15) is 6.92 Å². The largest absolute Gasteiger partial charge is 1.00 e. The Morgan fingerprint density at radius 1 is 1.00 bits per heavy atom. The Bertz CT molecular complexity index is 232. The molecule has 9 nitrogen and oxygen atoms in total. The molecule has 0 aromatic rings. The molecule has 0 aromatic heterocycles. The van der Waals surface area contributed by atoms with Crippen LogP contribution in [0.15, 0.2) is 0 Å². The van der Waals surface area contributed by atoms with Crippen LogP contribution in [-0.2, 0) is 31.5 Å². The van der Waals surface area contributed by atoms with Gasteiger partial charge in [0.05, 0.1) is 24.0 Å². The first-order valence-electron chi connectivity index (χ1n) is 3.10. The van der Waals surface area contributed by atoms with Crippen LogP contribution in [0.3, 0.4) is 0 Å². The van der Waals surface area contributed by atoms with Crippen LogP contribution >= 0.6 is 0 Å². The maximum Gasteiger partial charge on any atom is 1.00 e. The number of carboxylic acids is 3. The van der Waals surface area contributed by atoms with Crippen LogP contribution in [0.4, 0.5) is 0 Å². The third-order valence-corrected chi connectivity index (χ3v) is 1.59. The van der Waals surface area contributed by atoms with E-state index in [9.17, 15) is 29.7 Å². The first-order valence-corrected chi connectivity index (χ1v) is 3.10. The minimum Gasteiger partial charge on any atom is -0.549 e. The van der Waals surface area contributed by atoms with Gasteiger partial charge in [-0.3, -0.25) is 0 Å². The van der Waals surface area contributed by atoms with Crippen molar-refractivity contribution >= 4 is 17.9 Å². The van der Waals surface area contributed by atoms with Crippen molar-refractivity contribution in [1.82, 2.24) is 12.3 Å². The SMILES string of the molecule is CC(O)C(C(=O)[O-])(C(=O)[O-])C(=O)[O-].[Fe+].[NH4+].[NH4+]. The van der Waals surface area contributed by atoms with Gasteiger partial charge in [-0.05, 0) is 6.92 Å². The van der Waals surface area contributed by atoms with Gasteiger partial charge in [-0.25, -0.2) is 0 Å². The molecule has 0 aliphatic rings. The van der Waals surface area contributed by atoms with Gasteiger partial charge in [-0.15, -0.1) is 0 Å². The molecular weight excluding hydrogens is 268 g/mol. The fourth-order valence-electron chi connectivity index (χ4n) is 0.762. The number of quaternary nitrogens is 2. The molecule has 0 aliphatic heterocycles. The number of hydrogen-bond donors (Lipinski definition) is 3. The Balaban J connectivity index is -0.000000240. The minimum absolute atomic E-state index is 0. The van der Waals surface area contributed by atoms with E-state index in [0.29, 0.717) is 6.92 Å². The molecule has 0 saturated carbocycles. The number of carboxylic acid groups (broad SMARTS) is 3. The van der Waals surface area contributed by atoms with Crippen LogP contribution in [0.2, 0.25) is 0 Å². The zero-order valence-electron chi connectivity index (χ0n) is 8.83. The van der Waals surface area contributed by atoms with Crippen LogP contribution in [0.5, 0.6) is 0 Å². The van der Waals surface area contributed by atoms with Crippen LogP contribution in [0.25, 0.3) is 0 Å². The van der Waals surface area contributed by atoms with Crippen LogP contribution in [-0.4, -0.2) is 29.1 Å². The maximum atomic E-state index is 10.2. The van der Waals surface area contributed by atoms with E-state index < -0.39 is 29.4 Å². The summed E-state index contributed by atoms with van der Waals surface area (Å²) in [5, 5.41) is 39.4. The topological polar surface area (TPSA) is 214 Å². The molecule has 0 rings (SSSR count).